The van der Waals surface area contributed by atoms with E-state index in [0.717, 1.165) is 12.1 Å². The lowest BCUT2D eigenvalue weighted by atomic mass is 10.2. The molecule has 5 nitrogen and oxygen atoms in total. The topological polar surface area (TPSA) is 81.1 Å². The average molecular weight is 317 g/mol. The Labute approximate surface area is 130 Å². The van der Waals surface area contributed by atoms with Crippen molar-refractivity contribution in [3.8, 4) is 11.4 Å². The number of carboxylic acids is 1. The van der Waals surface area contributed by atoms with Gasteiger partial charge in [0.05, 0.1) is 17.5 Å². The van der Waals surface area contributed by atoms with Gasteiger partial charge < -0.3 is 15.4 Å². The first kappa shape index (κ1) is 15.0. The highest BCUT2D eigenvalue weighted by Crippen LogP contribution is 2.27. The maximum Gasteiger partial charge on any atom is 0.305 e. The molecule has 0 aliphatic heterocycles. The standard InChI is InChI=1S/C16H13F2N3O2/c17-11-7-13-14(8-12(11)18)21(6-5-15(22)23)16(20-13)9-1-3-10(19)4-2-9/h1-4,7-8H,5-6,19H2,(H,22,23). The number of carboxylic acid groups (broad SMARTS) is 1. The van der Waals surface area contributed by atoms with Gasteiger partial charge >= 0.3 is 5.97 Å². The highest BCUT2D eigenvalue weighted by molar-refractivity contribution is 5.81. The second-order valence-corrected chi connectivity index (χ2v) is 5.11. The molecule has 1 heterocycles. The van der Waals surface area contributed by atoms with Gasteiger partial charge in [-0.1, -0.05) is 0 Å². The monoisotopic (exact) mass is 317 g/mol. The van der Waals surface area contributed by atoms with Gasteiger partial charge in [-0.25, -0.2) is 13.8 Å². The maximum atomic E-state index is 13.5. The molecular weight excluding hydrogens is 304 g/mol. The molecule has 0 atom stereocenters. The van der Waals surface area contributed by atoms with Crippen molar-refractivity contribution in [2.45, 2.75) is 13.0 Å². The molecule has 0 unspecified atom stereocenters. The van der Waals surface area contributed by atoms with E-state index in [2.05, 4.69) is 4.98 Å². The van der Waals surface area contributed by atoms with Crippen molar-refractivity contribution in [2.24, 2.45) is 0 Å². The fraction of sp³-hybridized carbons (Fsp3) is 0.125. The first-order chi connectivity index (χ1) is 11.0. The average Bonchev–Trinajstić information content (AvgIpc) is 2.84. The predicted molar refractivity (Wildman–Crippen MR) is 81.8 cm³/mol. The molecule has 23 heavy (non-hydrogen) atoms. The molecule has 3 rings (SSSR count). The molecule has 0 aliphatic rings. The van der Waals surface area contributed by atoms with E-state index in [-0.39, 0.29) is 18.5 Å². The summed E-state index contributed by atoms with van der Waals surface area (Å²) in [5.41, 5.74) is 7.51. The van der Waals surface area contributed by atoms with Crippen LogP contribution >= 0.6 is 0 Å². The Morgan fingerprint density at radius 2 is 1.83 bits per heavy atom. The third kappa shape index (κ3) is 2.85. The minimum absolute atomic E-state index is 0.0939. The van der Waals surface area contributed by atoms with Gasteiger partial charge in [0.1, 0.15) is 5.82 Å². The highest BCUT2D eigenvalue weighted by Gasteiger charge is 2.16. The summed E-state index contributed by atoms with van der Waals surface area (Å²) in [5, 5.41) is 8.90. The van der Waals surface area contributed by atoms with Crippen LogP contribution in [0.5, 0.6) is 0 Å². The smallest absolute Gasteiger partial charge is 0.305 e. The Bertz CT molecular complexity index is 888. The lowest BCUT2D eigenvalue weighted by molar-refractivity contribution is -0.137. The van der Waals surface area contributed by atoms with E-state index in [1.165, 1.54) is 0 Å². The number of imidazole rings is 1. The number of nitrogens with two attached hydrogens (primary N) is 1. The first-order valence-corrected chi connectivity index (χ1v) is 6.88. The number of hydrogen-bond donors (Lipinski definition) is 2. The second-order valence-electron chi connectivity index (χ2n) is 5.11. The van der Waals surface area contributed by atoms with Gasteiger partial charge in [-0.3, -0.25) is 4.79 Å². The zero-order valence-corrected chi connectivity index (χ0v) is 12.0. The number of nitrogens with zero attached hydrogens (tertiary/aromatic N) is 2. The quantitative estimate of drug-likeness (QED) is 0.725. The Kier molecular flexibility index (Phi) is 3.69. The molecule has 1 aromatic heterocycles. The van der Waals surface area contributed by atoms with Crippen LogP contribution < -0.4 is 5.73 Å². The van der Waals surface area contributed by atoms with E-state index in [1.54, 1.807) is 28.8 Å². The number of aryl methyl sites for hydroxylation is 1. The third-order valence-corrected chi connectivity index (χ3v) is 3.51. The molecule has 2 aromatic carbocycles. The number of aromatic nitrogens is 2. The summed E-state index contributed by atoms with van der Waals surface area (Å²) < 4.78 is 28.5. The lowest BCUT2D eigenvalue weighted by Crippen LogP contribution is -2.06. The van der Waals surface area contributed by atoms with Crippen LogP contribution in [0.1, 0.15) is 6.42 Å². The molecule has 118 valence electrons. The largest absolute Gasteiger partial charge is 0.481 e. The number of hydrogen-bond acceptors (Lipinski definition) is 3. The molecule has 0 fully saturated rings. The van der Waals surface area contributed by atoms with Gasteiger partial charge in [0.2, 0.25) is 0 Å². The summed E-state index contributed by atoms with van der Waals surface area (Å²) in [4.78, 5) is 15.2. The molecule has 0 saturated carbocycles. The van der Waals surface area contributed by atoms with Crippen LogP contribution in [0.3, 0.4) is 0 Å². The van der Waals surface area contributed by atoms with Gasteiger partial charge in [0.15, 0.2) is 11.6 Å². The molecular formula is C16H13F2N3O2. The Balaban J connectivity index is 2.20. The van der Waals surface area contributed by atoms with Crippen molar-refractivity contribution in [2.75, 3.05) is 5.73 Å². The summed E-state index contributed by atoms with van der Waals surface area (Å²) in [6, 6.07) is 8.83. The van der Waals surface area contributed by atoms with Crippen molar-refractivity contribution < 1.29 is 18.7 Å². The van der Waals surface area contributed by atoms with Crippen LogP contribution in [0.4, 0.5) is 14.5 Å². The molecule has 0 radical (unpaired) electrons. The number of nitrogen functional groups attached to an aromatic ring is 1. The minimum atomic E-state index is -1.00. The molecule has 0 saturated heterocycles. The zero-order valence-electron chi connectivity index (χ0n) is 12.0. The Morgan fingerprint density at radius 3 is 2.48 bits per heavy atom. The second kappa shape index (κ2) is 5.68. The summed E-state index contributed by atoms with van der Waals surface area (Å²) in [7, 11) is 0. The number of carbonyl (C=O) groups is 1. The van der Waals surface area contributed by atoms with E-state index >= 15 is 0 Å². The van der Waals surface area contributed by atoms with Gasteiger partial charge in [-0.15, -0.1) is 0 Å². The van der Waals surface area contributed by atoms with E-state index in [1.807, 2.05) is 0 Å². The lowest BCUT2D eigenvalue weighted by Gasteiger charge is -2.08. The van der Waals surface area contributed by atoms with Crippen molar-refractivity contribution >= 4 is 22.7 Å². The Hall–Kier alpha value is -2.96. The fourth-order valence-electron chi connectivity index (χ4n) is 2.41. The zero-order chi connectivity index (χ0) is 16.6. The van der Waals surface area contributed by atoms with Crippen LogP contribution in [-0.2, 0) is 11.3 Å². The molecule has 3 aromatic rings. The van der Waals surface area contributed by atoms with Crippen molar-refractivity contribution in [1.82, 2.24) is 9.55 Å². The summed E-state index contributed by atoms with van der Waals surface area (Å²) in [5.74, 6) is -2.55. The number of benzene rings is 2. The van der Waals surface area contributed by atoms with Crippen molar-refractivity contribution in [3.63, 3.8) is 0 Å². The SMILES string of the molecule is Nc1ccc(-c2nc3cc(F)c(F)cc3n2CCC(=O)O)cc1. The Morgan fingerprint density at radius 1 is 1.17 bits per heavy atom. The van der Waals surface area contributed by atoms with Crippen LogP contribution in [0.15, 0.2) is 36.4 Å². The molecule has 7 heteroatoms. The van der Waals surface area contributed by atoms with Gasteiger partial charge in [0.25, 0.3) is 0 Å². The third-order valence-electron chi connectivity index (χ3n) is 3.51. The summed E-state index contributed by atoms with van der Waals surface area (Å²) >= 11 is 0. The molecule has 0 spiro atoms. The molecule has 0 bridgehead atoms. The van der Waals surface area contributed by atoms with Gasteiger partial charge in [-0.05, 0) is 24.3 Å². The van der Waals surface area contributed by atoms with Crippen LogP contribution in [0.25, 0.3) is 22.4 Å². The van der Waals surface area contributed by atoms with Gasteiger partial charge in [0, 0.05) is 29.9 Å². The molecule has 0 amide bonds. The number of fused-ring (bicyclic) bond motifs is 1. The van der Waals surface area contributed by atoms with Crippen molar-refractivity contribution in [1.29, 1.82) is 0 Å². The van der Waals surface area contributed by atoms with E-state index in [4.69, 9.17) is 10.8 Å². The highest BCUT2D eigenvalue weighted by atomic mass is 19.2. The summed E-state index contributed by atoms with van der Waals surface area (Å²) in [6.45, 7) is 0.0939. The van der Waals surface area contributed by atoms with E-state index < -0.39 is 17.6 Å². The number of rotatable bonds is 4. The molecule has 0 aliphatic carbocycles. The van der Waals surface area contributed by atoms with Gasteiger partial charge in [-0.2, -0.15) is 0 Å². The number of anilines is 1. The number of aliphatic carboxylic acids is 1. The van der Waals surface area contributed by atoms with Crippen LogP contribution in [-0.4, -0.2) is 20.6 Å². The van der Waals surface area contributed by atoms with Crippen LogP contribution in [0.2, 0.25) is 0 Å². The normalized spacial score (nSPS) is 11.0. The van der Waals surface area contributed by atoms with Crippen molar-refractivity contribution in [3.05, 3.63) is 48.0 Å². The van der Waals surface area contributed by atoms with E-state index in [9.17, 15) is 13.6 Å². The first-order valence-electron chi connectivity index (χ1n) is 6.88. The summed E-state index contributed by atoms with van der Waals surface area (Å²) in [6.07, 6.45) is -0.160. The molecule has 3 N–H and O–H groups in total. The van der Waals surface area contributed by atoms with E-state index in [0.29, 0.717) is 22.6 Å². The fourth-order valence-corrected chi connectivity index (χ4v) is 2.41. The predicted octanol–water partition coefficient (Wildman–Crippen LogP) is 3.04. The van der Waals surface area contributed by atoms with Crippen LogP contribution in [0, 0.1) is 11.6 Å². The number of halogens is 2. The maximum absolute atomic E-state index is 13.5. The minimum Gasteiger partial charge on any atom is -0.481 e.